The van der Waals surface area contributed by atoms with E-state index in [2.05, 4.69) is 5.32 Å². The second kappa shape index (κ2) is 8.51. The molecule has 132 valence electrons. The van der Waals surface area contributed by atoms with Crippen LogP contribution in [0.15, 0.2) is 42.5 Å². The van der Waals surface area contributed by atoms with Gasteiger partial charge >= 0.3 is 5.97 Å². The Balaban J connectivity index is 1.40. The molecule has 1 aliphatic carbocycles. The molecule has 1 aliphatic rings. The highest BCUT2D eigenvalue weighted by molar-refractivity contribution is 5.84. The van der Waals surface area contributed by atoms with E-state index in [4.69, 9.17) is 9.47 Å². The number of hydrogen-bond donors (Lipinski definition) is 1. The highest BCUT2D eigenvalue weighted by Crippen LogP contribution is 2.20. The van der Waals surface area contributed by atoms with Gasteiger partial charge in [-0.3, -0.25) is 4.79 Å². The van der Waals surface area contributed by atoms with Gasteiger partial charge in [0.05, 0.1) is 0 Å². The summed E-state index contributed by atoms with van der Waals surface area (Å²) in [5.41, 5.74) is 0. The van der Waals surface area contributed by atoms with Crippen molar-refractivity contribution >= 4 is 22.6 Å². The van der Waals surface area contributed by atoms with Crippen LogP contribution in [0.1, 0.15) is 32.1 Å². The Kier molecular flexibility index (Phi) is 5.88. The molecule has 1 fully saturated rings. The molecule has 2 aromatic carbocycles. The predicted octanol–water partition coefficient (Wildman–Crippen LogP) is 3.21. The van der Waals surface area contributed by atoms with E-state index in [0.29, 0.717) is 5.75 Å². The van der Waals surface area contributed by atoms with Crippen LogP contribution in [-0.2, 0) is 14.3 Å². The van der Waals surface area contributed by atoms with Gasteiger partial charge < -0.3 is 14.8 Å². The Bertz CT molecular complexity index is 737. The van der Waals surface area contributed by atoms with Crippen LogP contribution in [0.3, 0.4) is 0 Å². The number of ether oxygens (including phenoxy) is 2. The van der Waals surface area contributed by atoms with Gasteiger partial charge in [0, 0.05) is 6.04 Å². The second-order valence-corrected chi connectivity index (χ2v) is 6.36. The zero-order valence-corrected chi connectivity index (χ0v) is 14.2. The number of esters is 1. The summed E-state index contributed by atoms with van der Waals surface area (Å²) in [6.07, 6.45) is 5.53. The first-order chi connectivity index (χ1) is 12.2. The average Bonchev–Trinajstić information content (AvgIpc) is 2.65. The summed E-state index contributed by atoms with van der Waals surface area (Å²) in [7, 11) is 0. The maximum atomic E-state index is 11.8. The van der Waals surface area contributed by atoms with Crippen molar-refractivity contribution in [3.05, 3.63) is 42.5 Å². The van der Waals surface area contributed by atoms with Crippen molar-refractivity contribution < 1.29 is 19.1 Å². The third-order valence-electron chi connectivity index (χ3n) is 4.41. The largest absolute Gasteiger partial charge is 0.482 e. The van der Waals surface area contributed by atoms with Crippen molar-refractivity contribution in [1.82, 2.24) is 5.32 Å². The molecule has 1 N–H and O–H groups in total. The van der Waals surface area contributed by atoms with Crippen molar-refractivity contribution in [2.24, 2.45) is 0 Å². The summed E-state index contributed by atoms with van der Waals surface area (Å²) >= 11 is 0. The Morgan fingerprint density at radius 2 is 1.72 bits per heavy atom. The summed E-state index contributed by atoms with van der Waals surface area (Å²) in [4.78, 5) is 23.6. The lowest BCUT2D eigenvalue weighted by Crippen LogP contribution is -2.39. The van der Waals surface area contributed by atoms with Gasteiger partial charge in [0.1, 0.15) is 5.75 Å². The molecule has 1 amide bonds. The molecule has 0 bridgehead atoms. The maximum absolute atomic E-state index is 11.8. The van der Waals surface area contributed by atoms with Crippen LogP contribution in [0.4, 0.5) is 0 Å². The number of benzene rings is 2. The minimum absolute atomic E-state index is 0.213. The number of carbonyl (C=O) groups is 2. The first-order valence-corrected chi connectivity index (χ1v) is 8.77. The van der Waals surface area contributed by atoms with E-state index in [1.54, 1.807) is 0 Å². The van der Waals surface area contributed by atoms with E-state index >= 15 is 0 Å². The SMILES string of the molecule is O=C(COC(=O)COc1ccc2ccccc2c1)NC1CCCCC1. The topological polar surface area (TPSA) is 64.6 Å². The normalized spacial score (nSPS) is 14.9. The molecule has 0 spiro atoms. The molecular formula is C20H23NO4. The minimum Gasteiger partial charge on any atom is -0.482 e. The van der Waals surface area contributed by atoms with Gasteiger partial charge in [0.2, 0.25) is 0 Å². The number of rotatable bonds is 6. The number of amides is 1. The smallest absolute Gasteiger partial charge is 0.344 e. The highest BCUT2D eigenvalue weighted by Gasteiger charge is 2.16. The number of fused-ring (bicyclic) bond motifs is 1. The zero-order chi connectivity index (χ0) is 17.5. The van der Waals surface area contributed by atoms with Gasteiger partial charge in [-0.1, -0.05) is 49.6 Å². The molecule has 2 aromatic rings. The van der Waals surface area contributed by atoms with Crippen LogP contribution < -0.4 is 10.1 Å². The monoisotopic (exact) mass is 341 g/mol. The van der Waals surface area contributed by atoms with Crippen molar-refractivity contribution in [1.29, 1.82) is 0 Å². The van der Waals surface area contributed by atoms with E-state index in [1.807, 2.05) is 42.5 Å². The van der Waals surface area contributed by atoms with Crippen molar-refractivity contribution in [3.8, 4) is 5.75 Å². The Labute approximate surface area is 147 Å². The summed E-state index contributed by atoms with van der Waals surface area (Å²) in [6.45, 7) is -0.467. The van der Waals surface area contributed by atoms with Crippen molar-refractivity contribution in [3.63, 3.8) is 0 Å². The third-order valence-corrected chi connectivity index (χ3v) is 4.41. The zero-order valence-electron chi connectivity index (χ0n) is 14.2. The van der Waals surface area contributed by atoms with E-state index in [0.717, 1.165) is 36.5 Å². The quantitative estimate of drug-likeness (QED) is 0.820. The van der Waals surface area contributed by atoms with Crippen LogP contribution in [0.2, 0.25) is 0 Å². The molecule has 0 radical (unpaired) electrons. The number of carbonyl (C=O) groups excluding carboxylic acids is 2. The van der Waals surface area contributed by atoms with Crippen LogP contribution in [-0.4, -0.2) is 31.1 Å². The van der Waals surface area contributed by atoms with Crippen molar-refractivity contribution in [2.45, 2.75) is 38.1 Å². The third kappa shape index (κ3) is 5.21. The summed E-state index contributed by atoms with van der Waals surface area (Å²) in [5, 5.41) is 5.06. The molecule has 3 rings (SSSR count). The molecule has 0 saturated heterocycles. The first kappa shape index (κ1) is 17.3. The van der Waals surface area contributed by atoms with Crippen LogP contribution in [0.5, 0.6) is 5.75 Å². The molecule has 1 saturated carbocycles. The van der Waals surface area contributed by atoms with Crippen LogP contribution in [0.25, 0.3) is 10.8 Å². The van der Waals surface area contributed by atoms with E-state index in [1.165, 1.54) is 6.42 Å². The van der Waals surface area contributed by atoms with Crippen LogP contribution in [0, 0.1) is 0 Å². The van der Waals surface area contributed by atoms with Crippen molar-refractivity contribution in [2.75, 3.05) is 13.2 Å². The first-order valence-electron chi connectivity index (χ1n) is 8.77. The molecule has 0 aromatic heterocycles. The standard InChI is InChI=1S/C20H23NO4/c22-19(21-17-8-2-1-3-9-17)13-25-20(23)14-24-18-11-10-15-6-4-5-7-16(15)12-18/h4-7,10-12,17H,1-3,8-9,13-14H2,(H,21,22). The Morgan fingerprint density at radius 3 is 2.52 bits per heavy atom. The average molecular weight is 341 g/mol. The lowest BCUT2D eigenvalue weighted by molar-refractivity contribution is -0.150. The summed E-state index contributed by atoms with van der Waals surface area (Å²) < 4.78 is 10.4. The molecule has 5 heteroatoms. The summed E-state index contributed by atoms with van der Waals surface area (Å²) in [5.74, 6) is -0.194. The van der Waals surface area contributed by atoms with Gasteiger partial charge in [-0.2, -0.15) is 0 Å². The Morgan fingerprint density at radius 1 is 0.960 bits per heavy atom. The summed E-state index contributed by atoms with van der Waals surface area (Å²) in [6, 6.07) is 13.8. The van der Waals surface area contributed by atoms with Gasteiger partial charge in [0.15, 0.2) is 13.2 Å². The molecule has 0 atom stereocenters. The molecule has 0 aliphatic heterocycles. The highest BCUT2D eigenvalue weighted by atomic mass is 16.6. The van der Waals surface area contributed by atoms with E-state index in [9.17, 15) is 9.59 Å². The molecule has 5 nitrogen and oxygen atoms in total. The predicted molar refractivity (Wildman–Crippen MR) is 95.4 cm³/mol. The molecule has 0 unspecified atom stereocenters. The minimum atomic E-state index is -0.549. The van der Waals surface area contributed by atoms with Gasteiger partial charge in [-0.15, -0.1) is 0 Å². The second-order valence-electron chi connectivity index (χ2n) is 6.36. The van der Waals surface area contributed by atoms with Gasteiger partial charge in [-0.05, 0) is 35.7 Å². The van der Waals surface area contributed by atoms with E-state index in [-0.39, 0.29) is 25.2 Å². The Hall–Kier alpha value is -2.56. The lowest BCUT2D eigenvalue weighted by Gasteiger charge is -2.22. The molecular weight excluding hydrogens is 318 g/mol. The molecule has 0 heterocycles. The molecule has 25 heavy (non-hydrogen) atoms. The fourth-order valence-corrected chi connectivity index (χ4v) is 3.10. The lowest BCUT2D eigenvalue weighted by atomic mass is 9.95. The maximum Gasteiger partial charge on any atom is 0.344 e. The fraction of sp³-hybridized carbons (Fsp3) is 0.400. The van der Waals surface area contributed by atoms with Gasteiger partial charge in [-0.25, -0.2) is 4.79 Å². The number of nitrogens with one attached hydrogen (secondary N) is 1. The van der Waals surface area contributed by atoms with Gasteiger partial charge in [0.25, 0.3) is 5.91 Å². The van der Waals surface area contributed by atoms with Crippen LogP contribution >= 0.6 is 0 Å². The number of hydrogen-bond acceptors (Lipinski definition) is 4. The fourth-order valence-electron chi connectivity index (χ4n) is 3.10. The van der Waals surface area contributed by atoms with E-state index < -0.39 is 5.97 Å².